The van der Waals surface area contributed by atoms with Crippen molar-refractivity contribution in [2.45, 2.75) is 52.5 Å². The van der Waals surface area contributed by atoms with Gasteiger partial charge in [0.2, 0.25) is 5.54 Å². The quantitative estimate of drug-likeness (QED) is 0.219. The van der Waals surface area contributed by atoms with E-state index >= 15 is 0 Å². The molecule has 10 heteroatoms. The summed E-state index contributed by atoms with van der Waals surface area (Å²) in [5.41, 5.74) is 2.93. The molecule has 2 amide bonds. The summed E-state index contributed by atoms with van der Waals surface area (Å²) in [6.45, 7) is 8.34. The maximum Gasteiger partial charge on any atom is 0.344 e. The van der Waals surface area contributed by atoms with Gasteiger partial charge < -0.3 is 19.9 Å². The molecular weight excluding hydrogens is 452 g/mol. The average molecular weight is 487 g/mol. The number of esters is 2. The first-order valence-electron chi connectivity index (χ1n) is 11.0. The molecule has 0 radical (unpaired) electrons. The van der Waals surface area contributed by atoms with E-state index in [1.165, 1.54) is 19.1 Å². The molecule has 1 aromatic carbocycles. The van der Waals surface area contributed by atoms with Crippen LogP contribution in [0.25, 0.3) is 0 Å². The highest BCUT2D eigenvalue weighted by Crippen LogP contribution is 2.33. The Morgan fingerprint density at radius 1 is 0.909 bits per heavy atom. The van der Waals surface area contributed by atoms with Gasteiger partial charge in [-0.2, -0.15) is 0 Å². The van der Waals surface area contributed by atoms with Gasteiger partial charge in [0.05, 0.1) is 24.3 Å². The number of amides is 2. The van der Waals surface area contributed by atoms with Crippen molar-refractivity contribution >= 4 is 36.2 Å². The molecule has 1 aromatic rings. The smallest absolute Gasteiger partial charge is 0.344 e. The van der Waals surface area contributed by atoms with E-state index in [1.54, 1.807) is 19.1 Å². The van der Waals surface area contributed by atoms with Crippen molar-refractivity contribution in [3.05, 3.63) is 35.4 Å². The number of benzene rings is 1. The van der Waals surface area contributed by atoms with Crippen LogP contribution in [-0.4, -0.2) is 67.2 Å². The Morgan fingerprint density at radius 3 is 1.88 bits per heavy atom. The van der Waals surface area contributed by atoms with Gasteiger partial charge in [-0.1, -0.05) is 39.3 Å². The fourth-order valence-electron chi connectivity index (χ4n) is 3.16. The Hall–Kier alpha value is -2.49. The van der Waals surface area contributed by atoms with Crippen LogP contribution >= 0.6 is 12.4 Å². The second kappa shape index (κ2) is 15.4. The van der Waals surface area contributed by atoms with Crippen molar-refractivity contribution < 1.29 is 33.4 Å². The lowest BCUT2D eigenvalue weighted by molar-refractivity contribution is -0.172. The lowest BCUT2D eigenvalue weighted by Crippen LogP contribution is -2.63. The zero-order chi connectivity index (χ0) is 24.1. The zero-order valence-corrected chi connectivity index (χ0v) is 20.6. The van der Waals surface area contributed by atoms with E-state index in [9.17, 15) is 19.2 Å². The van der Waals surface area contributed by atoms with E-state index in [-0.39, 0.29) is 49.8 Å². The predicted molar refractivity (Wildman–Crippen MR) is 125 cm³/mol. The van der Waals surface area contributed by atoms with Crippen molar-refractivity contribution in [2.75, 3.05) is 33.0 Å². The van der Waals surface area contributed by atoms with E-state index in [0.29, 0.717) is 11.5 Å². The van der Waals surface area contributed by atoms with E-state index in [1.807, 2.05) is 13.8 Å². The molecule has 1 aliphatic rings. The standard InChI is InChI=1S/C21H27NO7.C2H7N.ClH/c1-4-7-12-27-13-14-29-20(26)21(5-2,19(25)28-6-3)22-17(23)15-10-8-9-11-16(15)18(22)24;1-2-3;/h8-11H,4-7,12-14H2,1-3H3;2-3H2,1H3;1H. The van der Waals surface area contributed by atoms with Crippen LogP contribution in [0.2, 0.25) is 0 Å². The highest BCUT2D eigenvalue weighted by molar-refractivity contribution is 6.26. The fraction of sp³-hybridized carbons (Fsp3) is 0.565. The third-order valence-corrected chi connectivity index (χ3v) is 4.74. The van der Waals surface area contributed by atoms with Crippen LogP contribution in [0.5, 0.6) is 0 Å². The first-order chi connectivity index (χ1) is 15.4. The second-order valence-corrected chi connectivity index (χ2v) is 6.94. The molecule has 1 unspecified atom stereocenters. The van der Waals surface area contributed by atoms with Crippen LogP contribution in [0.4, 0.5) is 0 Å². The summed E-state index contributed by atoms with van der Waals surface area (Å²) >= 11 is 0. The number of fused-ring (bicyclic) bond motifs is 1. The summed E-state index contributed by atoms with van der Waals surface area (Å²) in [4.78, 5) is 52.4. The van der Waals surface area contributed by atoms with E-state index in [0.717, 1.165) is 19.4 Å². The second-order valence-electron chi connectivity index (χ2n) is 6.94. The van der Waals surface area contributed by atoms with Crippen LogP contribution in [-0.2, 0) is 23.8 Å². The number of rotatable bonds is 11. The number of nitrogens with zero attached hydrogens (tertiary/aromatic N) is 1. The Kier molecular flexibility index (Phi) is 14.2. The first kappa shape index (κ1) is 30.5. The minimum Gasteiger partial charge on any atom is -0.464 e. The normalized spacial score (nSPS) is 13.8. The molecule has 33 heavy (non-hydrogen) atoms. The summed E-state index contributed by atoms with van der Waals surface area (Å²) in [6.07, 6.45) is 1.68. The van der Waals surface area contributed by atoms with Crippen LogP contribution in [0.1, 0.15) is 67.7 Å². The number of halogens is 1. The van der Waals surface area contributed by atoms with E-state index < -0.39 is 29.3 Å². The van der Waals surface area contributed by atoms with Gasteiger partial charge in [-0.05, 0) is 38.4 Å². The van der Waals surface area contributed by atoms with Gasteiger partial charge in [-0.15, -0.1) is 12.4 Å². The van der Waals surface area contributed by atoms with Crippen LogP contribution in [0.3, 0.4) is 0 Å². The molecule has 0 aliphatic carbocycles. The summed E-state index contributed by atoms with van der Waals surface area (Å²) < 4.78 is 15.7. The third-order valence-electron chi connectivity index (χ3n) is 4.74. The van der Waals surface area contributed by atoms with Gasteiger partial charge in [-0.25, -0.2) is 14.5 Å². The molecule has 186 valence electrons. The highest BCUT2D eigenvalue weighted by Gasteiger charge is 2.59. The lowest BCUT2D eigenvalue weighted by atomic mass is 9.93. The molecule has 0 saturated heterocycles. The van der Waals surface area contributed by atoms with Crippen molar-refractivity contribution in [3.63, 3.8) is 0 Å². The topological polar surface area (TPSA) is 125 Å². The monoisotopic (exact) mass is 486 g/mol. The van der Waals surface area contributed by atoms with Gasteiger partial charge in [0.1, 0.15) is 6.61 Å². The number of ether oxygens (including phenoxy) is 3. The number of imide groups is 1. The molecule has 0 spiro atoms. The molecular formula is C23H35ClN2O7. The molecule has 0 fully saturated rings. The number of hydrogen-bond acceptors (Lipinski definition) is 8. The first-order valence-corrected chi connectivity index (χ1v) is 11.0. The Balaban J connectivity index is 0.00000242. The third kappa shape index (κ3) is 6.99. The van der Waals surface area contributed by atoms with Crippen molar-refractivity contribution in [1.29, 1.82) is 0 Å². The molecule has 0 bridgehead atoms. The van der Waals surface area contributed by atoms with Crippen LogP contribution in [0.15, 0.2) is 24.3 Å². The molecule has 2 N–H and O–H groups in total. The van der Waals surface area contributed by atoms with Crippen LogP contribution < -0.4 is 5.73 Å². The molecule has 1 heterocycles. The van der Waals surface area contributed by atoms with Crippen molar-refractivity contribution in [2.24, 2.45) is 5.73 Å². The minimum absolute atomic E-state index is 0. The number of unbranched alkanes of at least 4 members (excludes halogenated alkanes) is 1. The maximum atomic E-state index is 13.0. The Bertz CT molecular complexity index is 768. The largest absolute Gasteiger partial charge is 0.464 e. The van der Waals surface area contributed by atoms with Crippen molar-refractivity contribution in [3.8, 4) is 0 Å². The molecule has 1 aliphatic heterocycles. The molecule has 0 aromatic heterocycles. The lowest BCUT2D eigenvalue weighted by Gasteiger charge is -2.34. The number of carbonyl (C=O) groups excluding carboxylic acids is 4. The maximum absolute atomic E-state index is 13.0. The Labute approximate surface area is 201 Å². The van der Waals surface area contributed by atoms with Gasteiger partial charge >= 0.3 is 11.9 Å². The summed E-state index contributed by atoms with van der Waals surface area (Å²) in [5.74, 6) is -3.45. The van der Waals surface area contributed by atoms with Crippen molar-refractivity contribution in [1.82, 2.24) is 4.90 Å². The summed E-state index contributed by atoms with van der Waals surface area (Å²) in [5, 5.41) is 0. The van der Waals surface area contributed by atoms with E-state index in [4.69, 9.17) is 19.9 Å². The Morgan fingerprint density at radius 2 is 1.42 bits per heavy atom. The minimum atomic E-state index is -2.19. The van der Waals surface area contributed by atoms with Crippen LogP contribution in [0, 0.1) is 0 Å². The molecule has 1 atom stereocenters. The number of hydrogen-bond donors (Lipinski definition) is 1. The molecule has 2 rings (SSSR count). The van der Waals surface area contributed by atoms with Gasteiger partial charge in [0.15, 0.2) is 0 Å². The van der Waals surface area contributed by atoms with E-state index in [2.05, 4.69) is 0 Å². The number of carbonyl (C=O) groups is 4. The predicted octanol–water partition coefficient (Wildman–Crippen LogP) is 2.74. The fourth-order valence-corrected chi connectivity index (χ4v) is 3.16. The SMILES string of the molecule is CCCCOCCOC(=O)C(CC)(C(=O)OCC)N1C(=O)c2ccccc2C1=O.CCN.Cl. The molecule has 9 nitrogen and oxygen atoms in total. The summed E-state index contributed by atoms with van der Waals surface area (Å²) in [7, 11) is 0. The highest BCUT2D eigenvalue weighted by atomic mass is 35.5. The van der Waals surface area contributed by atoms with Gasteiger partial charge in [0.25, 0.3) is 11.8 Å². The number of nitrogens with two attached hydrogens (primary N) is 1. The molecule has 0 saturated carbocycles. The van der Waals surface area contributed by atoms with Gasteiger partial charge in [-0.3, -0.25) is 9.59 Å². The summed E-state index contributed by atoms with van der Waals surface area (Å²) in [6, 6.07) is 6.18. The van der Waals surface area contributed by atoms with Gasteiger partial charge in [0, 0.05) is 6.61 Å². The average Bonchev–Trinajstić information content (AvgIpc) is 3.04. The zero-order valence-electron chi connectivity index (χ0n) is 19.8.